The zero-order valence-corrected chi connectivity index (χ0v) is 11.2. The van der Waals surface area contributed by atoms with Gasteiger partial charge in [-0.3, -0.25) is 4.79 Å². The van der Waals surface area contributed by atoms with Crippen LogP contribution in [-0.2, 0) is 4.79 Å². The van der Waals surface area contributed by atoms with Crippen LogP contribution in [0, 0.1) is 5.82 Å². The van der Waals surface area contributed by atoms with Crippen LogP contribution in [0.4, 0.5) is 10.1 Å². The Morgan fingerprint density at radius 3 is 2.60 bits per heavy atom. The highest BCUT2D eigenvalue weighted by Crippen LogP contribution is 2.15. The molecule has 0 atom stereocenters. The molecule has 0 unspecified atom stereocenters. The number of amides is 1. The van der Waals surface area contributed by atoms with Gasteiger partial charge in [0.25, 0.3) is 5.91 Å². The maximum Gasteiger partial charge on any atom is 0.257 e. The Morgan fingerprint density at radius 2 is 2.00 bits per heavy atom. The summed E-state index contributed by atoms with van der Waals surface area (Å²) in [6, 6.07) is 8.80. The van der Waals surface area contributed by atoms with Gasteiger partial charge in [-0.25, -0.2) is 9.37 Å². The van der Waals surface area contributed by atoms with Gasteiger partial charge in [0.05, 0.1) is 16.3 Å². The van der Waals surface area contributed by atoms with E-state index in [0.717, 1.165) is 6.29 Å². The number of nitrogens with one attached hydrogen (secondary N) is 1. The van der Waals surface area contributed by atoms with Crippen molar-refractivity contribution >= 4 is 29.6 Å². The summed E-state index contributed by atoms with van der Waals surface area (Å²) in [6.45, 7) is 0. The highest BCUT2D eigenvalue weighted by atomic mass is 32.2. The highest BCUT2D eigenvalue weighted by Gasteiger charge is 2.07. The second kappa shape index (κ2) is 6.81. The van der Waals surface area contributed by atoms with E-state index in [1.807, 2.05) is 0 Å². The van der Waals surface area contributed by atoms with Gasteiger partial charge in [0.2, 0.25) is 0 Å². The number of aldehydes is 1. The van der Waals surface area contributed by atoms with Crippen LogP contribution in [0.3, 0.4) is 0 Å². The largest absolute Gasteiger partial charge is 0.322 e. The third-order valence-electron chi connectivity index (χ3n) is 2.40. The number of halogens is 1. The number of pyridine rings is 1. The van der Waals surface area contributed by atoms with Gasteiger partial charge < -0.3 is 10.1 Å². The lowest BCUT2D eigenvalue weighted by Gasteiger charge is -2.05. The molecule has 0 bridgehead atoms. The number of anilines is 1. The average molecular weight is 290 g/mol. The molecule has 2 rings (SSSR count). The first-order valence-corrected chi connectivity index (χ1v) is 6.77. The van der Waals surface area contributed by atoms with E-state index in [2.05, 4.69) is 10.3 Å². The molecule has 20 heavy (non-hydrogen) atoms. The quantitative estimate of drug-likeness (QED) is 0.679. The lowest BCUT2D eigenvalue weighted by Crippen LogP contribution is -2.12. The molecule has 102 valence electrons. The van der Waals surface area contributed by atoms with Gasteiger partial charge in [-0.1, -0.05) is 11.8 Å². The molecule has 0 aliphatic heterocycles. The van der Waals surface area contributed by atoms with Gasteiger partial charge >= 0.3 is 0 Å². The molecule has 4 nitrogen and oxygen atoms in total. The molecule has 0 aliphatic carbocycles. The van der Waals surface area contributed by atoms with Gasteiger partial charge in [-0.2, -0.15) is 0 Å². The number of carbonyl (C=O) groups is 2. The summed E-state index contributed by atoms with van der Waals surface area (Å²) in [4.78, 5) is 26.2. The van der Waals surface area contributed by atoms with Crippen LogP contribution in [0.25, 0.3) is 0 Å². The zero-order valence-electron chi connectivity index (χ0n) is 10.4. The van der Waals surface area contributed by atoms with E-state index in [9.17, 15) is 14.0 Å². The van der Waals surface area contributed by atoms with Crippen LogP contribution in [0.1, 0.15) is 10.4 Å². The molecule has 0 saturated heterocycles. The maximum atomic E-state index is 12.7. The van der Waals surface area contributed by atoms with Crippen molar-refractivity contribution in [3.8, 4) is 0 Å². The summed E-state index contributed by atoms with van der Waals surface area (Å²) in [5.41, 5.74) is 0.903. The Labute approximate surface area is 119 Å². The highest BCUT2D eigenvalue weighted by molar-refractivity contribution is 7.99. The SMILES string of the molecule is O=CCSc1ccc(C(=O)Nc2ccc(F)cc2)cn1. The van der Waals surface area contributed by atoms with E-state index in [4.69, 9.17) is 0 Å². The first kappa shape index (κ1) is 14.2. The second-order valence-corrected chi connectivity index (χ2v) is 4.86. The van der Waals surface area contributed by atoms with Crippen LogP contribution >= 0.6 is 11.8 Å². The summed E-state index contributed by atoms with van der Waals surface area (Å²) < 4.78 is 12.7. The molecular formula is C14H11FN2O2S. The molecule has 1 aromatic heterocycles. The molecule has 0 spiro atoms. The van der Waals surface area contributed by atoms with Crippen LogP contribution in [0.2, 0.25) is 0 Å². The van der Waals surface area contributed by atoms with Gasteiger partial charge in [0.1, 0.15) is 12.1 Å². The van der Waals surface area contributed by atoms with Crippen molar-refractivity contribution in [3.05, 3.63) is 54.0 Å². The molecule has 2 aromatic rings. The lowest BCUT2D eigenvalue weighted by molar-refractivity contribution is -0.105. The lowest BCUT2D eigenvalue weighted by atomic mass is 10.2. The molecule has 6 heteroatoms. The van der Waals surface area contributed by atoms with E-state index >= 15 is 0 Å². The standard InChI is InChI=1S/C14H11FN2O2S/c15-11-2-4-12(5-3-11)17-14(19)10-1-6-13(16-9-10)20-8-7-18/h1-7,9H,8H2,(H,17,19). The Morgan fingerprint density at radius 1 is 1.25 bits per heavy atom. The van der Waals surface area contributed by atoms with E-state index in [1.54, 1.807) is 12.1 Å². The molecular weight excluding hydrogens is 279 g/mol. The first-order valence-electron chi connectivity index (χ1n) is 5.78. The third kappa shape index (κ3) is 3.89. The fraction of sp³-hybridized carbons (Fsp3) is 0.0714. The van der Waals surface area contributed by atoms with Crippen molar-refractivity contribution in [1.82, 2.24) is 4.98 Å². The second-order valence-electron chi connectivity index (χ2n) is 3.82. The van der Waals surface area contributed by atoms with Crippen molar-refractivity contribution < 1.29 is 14.0 Å². The van der Waals surface area contributed by atoms with E-state index in [1.165, 1.54) is 42.2 Å². The summed E-state index contributed by atoms with van der Waals surface area (Å²) in [7, 11) is 0. The van der Waals surface area contributed by atoms with Crippen molar-refractivity contribution in [1.29, 1.82) is 0 Å². The minimum absolute atomic E-state index is 0.323. The Hall–Kier alpha value is -2.21. The molecule has 0 aliphatic rings. The average Bonchev–Trinajstić information content (AvgIpc) is 2.48. The van der Waals surface area contributed by atoms with Gasteiger partial charge in [-0.15, -0.1) is 0 Å². The van der Waals surface area contributed by atoms with Crippen LogP contribution < -0.4 is 5.32 Å². The third-order valence-corrected chi connectivity index (χ3v) is 3.24. The topological polar surface area (TPSA) is 59.1 Å². The van der Waals surface area contributed by atoms with Crippen LogP contribution in [0.15, 0.2) is 47.6 Å². The number of hydrogen-bond acceptors (Lipinski definition) is 4. The molecule has 1 aromatic carbocycles. The monoisotopic (exact) mass is 290 g/mol. The summed E-state index contributed by atoms with van der Waals surface area (Å²) in [5, 5.41) is 3.32. The predicted molar refractivity (Wildman–Crippen MR) is 75.4 cm³/mol. The first-order chi connectivity index (χ1) is 9.69. The summed E-state index contributed by atoms with van der Waals surface area (Å²) >= 11 is 1.29. The normalized spacial score (nSPS) is 10.1. The smallest absolute Gasteiger partial charge is 0.257 e. The van der Waals surface area contributed by atoms with E-state index in [0.29, 0.717) is 22.0 Å². The van der Waals surface area contributed by atoms with Crippen molar-refractivity contribution in [3.63, 3.8) is 0 Å². The van der Waals surface area contributed by atoms with E-state index in [-0.39, 0.29) is 11.7 Å². The molecule has 0 saturated carbocycles. The minimum Gasteiger partial charge on any atom is -0.322 e. The predicted octanol–water partition coefficient (Wildman–Crippen LogP) is 2.76. The van der Waals surface area contributed by atoms with Crippen LogP contribution in [0.5, 0.6) is 0 Å². The molecule has 1 heterocycles. The van der Waals surface area contributed by atoms with Crippen molar-refractivity contribution in [2.24, 2.45) is 0 Å². The summed E-state index contributed by atoms with van der Waals surface area (Å²) in [6.07, 6.45) is 2.23. The molecule has 0 radical (unpaired) electrons. The fourth-order valence-corrected chi connectivity index (χ4v) is 1.99. The van der Waals surface area contributed by atoms with Crippen molar-refractivity contribution in [2.75, 3.05) is 11.1 Å². The number of hydrogen-bond donors (Lipinski definition) is 1. The van der Waals surface area contributed by atoms with Crippen molar-refractivity contribution in [2.45, 2.75) is 5.03 Å². The van der Waals surface area contributed by atoms with Crippen LogP contribution in [-0.4, -0.2) is 22.9 Å². The van der Waals surface area contributed by atoms with Gasteiger partial charge in [-0.05, 0) is 36.4 Å². The minimum atomic E-state index is -0.360. The number of thioether (sulfide) groups is 1. The zero-order chi connectivity index (χ0) is 14.4. The fourth-order valence-electron chi connectivity index (χ4n) is 1.46. The Kier molecular flexibility index (Phi) is 4.84. The number of rotatable bonds is 5. The van der Waals surface area contributed by atoms with Gasteiger partial charge in [0, 0.05) is 11.9 Å². The van der Waals surface area contributed by atoms with E-state index < -0.39 is 0 Å². The number of nitrogens with zero attached hydrogens (tertiary/aromatic N) is 1. The summed E-state index contributed by atoms with van der Waals surface area (Å²) in [5.74, 6) is -0.356. The molecule has 1 N–H and O–H groups in total. The van der Waals surface area contributed by atoms with Gasteiger partial charge in [0.15, 0.2) is 0 Å². The Balaban J connectivity index is 2.01. The molecule has 1 amide bonds. The number of benzene rings is 1. The number of carbonyl (C=O) groups excluding carboxylic acids is 2. The Bertz CT molecular complexity index is 600. The number of aromatic nitrogens is 1. The molecule has 0 fully saturated rings. The maximum absolute atomic E-state index is 12.7.